The van der Waals surface area contributed by atoms with E-state index in [2.05, 4.69) is 26.6 Å². The second-order valence-corrected chi connectivity index (χ2v) is 5.59. The molecule has 0 saturated carbocycles. The van der Waals surface area contributed by atoms with Crippen LogP contribution >= 0.6 is 15.9 Å². The van der Waals surface area contributed by atoms with Gasteiger partial charge >= 0.3 is 5.97 Å². The molecular weight excluding hydrogens is 312 g/mol. The fourth-order valence-electron chi connectivity index (χ4n) is 2.16. The molecule has 19 heavy (non-hydrogen) atoms. The highest BCUT2D eigenvalue weighted by molar-refractivity contribution is 9.10. The molecule has 1 aliphatic heterocycles. The van der Waals surface area contributed by atoms with Crippen LogP contribution in [0, 0.1) is 11.8 Å². The second-order valence-electron chi connectivity index (χ2n) is 4.73. The molecular formula is C13H15BrN2O3. The van der Waals surface area contributed by atoms with E-state index in [-0.39, 0.29) is 23.3 Å². The lowest BCUT2D eigenvalue weighted by molar-refractivity contribution is -0.120. The summed E-state index contributed by atoms with van der Waals surface area (Å²) in [5, 5.41) is 15.0. The molecule has 1 aromatic rings. The predicted molar refractivity (Wildman–Crippen MR) is 75.3 cm³/mol. The van der Waals surface area contributed by atoms with Crippen LogP contribution in [0.4, 0.5) is 5.69 Å². The minimum absolute atomic E-state index is 0.0723. The molecule has 0 radical (unpaired) electrons. The van der Waals surface area contributed by atoms with Crippen LogP contribution in [-0.2, 0) is 4.79 Å². The van der Waals surface area contributed by atoms with E-state index in [4.69, 9.17) is 5.11 Å². The number of rotatable bonds is 3. The van der Waals surface area contributed by atoms with Crippen molar-refractivity contribution < 1.29 is 14.7 Å². The first kappa shape index (κ1) is 14.0. The third-order valence-corrected chi connectivity index (χ3v) is 4.01. The van der Waals surface area contributed by atoms with E-state index in [1.54, 1.807) is 12.1 Å². The van der Waals surface area contributed by atoms with Crippen LogP contribution in [0.5, 0.6) is 0 Å². The van der Waals surface area contributed by atoms with Crippen molar-refractivity contribution in [1.82, 2.24) is 5.32 Å². The van der Waals surface area contributed by atoms with Gasteiger partial charge in [0.15, 0.2) is 0 Å². The number of amides is 1. The van der Waals surface area contributed by atoms with Gasteiger partial charge in [0.05, 0.1) is 11.5 Å². The van der Waals surface area contributed by atoms with Gasteiger partial charge in [-0.25, -0.2) is 4.79 Å². The number of carboxylic acid groups (broad SMARTS) is 1. The number of hydrogen-bond donors (Lipinski definition) is 3. The number of nitrogens with one attached hydrogen (secondary N) is 2. The fraction of sp³-hybridized carbons (Fsp3) is 0.385. The smallest absolute Gasteiger partial charge is 0.336 e. The molecule has 0 bridgehead atoms. The van der Waals surface area contributed by atoms with Gasteiger partial charge in [-0.1, -0.05) is 6.92 Å². The fourth-order valence-corrected chi connectivity index (χ4v) is 2.58. The number of halogens is 1. The first-order valence-corrected chi connectivity index (χ1v) is 6.82. The van der Waals surface area contributed by atoms with Crippen molar-refractivity contribution in [2.24, 2.45) is 11.8 Å². The number of anilines is 1. The van der Waals surface area contributed by atoms with Crippen LogP contribution < -0.4 is 10.6 Å². The van der Waals surface area contributed by atoms with Crippen LogP contribution in [-0.4, -0.2) is 30.1 Å². The molecule has 5 nitrogen and oxygen atoms in total. The van der Waals surface area contributed by atoms with E-state index < -0.39 is 5.97 Å². The number of aromatic carboxylic acids is 1. The Morgan fingerprint density at radius 2 is 2.16 bits per heavy atom. The maximum absolute atomic E-state index is 12.1. The summed E-state index contributed by atoms with van der Waals surface area (Å²) in [7, 11) is 0. The predicted octanol–water partition coefficient (Wildman–Crippen LogP) is 1.94. The van der Waals surface area contributed by atoms with Crippen LogP contribution in [0.1, 0.15) is 17.3 Å². The number of carboxylic acids is 1. The molecule has 2 rings (SSSR count). The van der Waals surface area contributed by atoms with Gasteiger partial charge in [0.25, 0.3) is 0 Å². The molecule has 2 unspecified atom stereocenters. The van der Waals surface area contributed by atoms with E-state index >= 15 is 0 Å². The van der Waals surface area contributed by atoms with Crippen LogP contribution in [0.2, 0.25) is 0 Å². The van der Waals surface area contributed by atoms with Gasteiger partial charge in [-0.3, -0.25) is 4.79 Å². The molecule has 0 spiro atoms. The van der Waals surface area contributed by atoms with Crippen LogP contribution in [0.3, 0.4) is 0 Å². The molecule has 6 heteroatoms. The zero-order valence-corrected chi connectivity index (χ0v) is 12.0. The van der Waals surface area contributed by atoms with Gasteiger partial charge in [0.2, 0.25) is 5.91 Å². The van der Waals surface area contributed by atoms with Crippen molar-refractivity contribution in [2.75, 3.05) is 18.4 Å². The van der Waals surface area contributed by atoms with E-state index in [0.29, 0.717) is 16.7 Å². The van der Waals surface area contributed by atoms with Crippen LogP contribution in [0.25, 0.3) is 0 Å². The summed E-state index contributed by atoms with van der Waals surface area (Å²) in [6.07, 6.45) is 0. The largest absolute Gasteiger partial charge is 0.478 e. The topological polar surface area (TPSA) is 78.4 Å². The third-order valence-electron chi connectivity index (χ3n) is 3.32. The zero-order valence-electron chi connectivity index (χ0n) is 10.4. The highest BCUT2D eigenvalue weighted by atomic mass is 79.9. The maximum atomic E-state index is 12.1. The Morgan fingerprint density at radius 1 is 1.42 bits per heavy atom. The van der Waals surface area contributed by atoms with Gasteiger partial charge in [-0.2, -0.15) is 0 Å². The standard InChI is InChI=1S/C13H15BrN2O3/c1-7-5-15-6-10(7)12(17)16-8-2-3-11(14)9(4-8)13(18)19/h2-4,7,10,15H,5-6H2,1H3,(H,16,17)(H,18,19). The Kier molecular flexibility index (Phi) is 4.21. The first-order chi connectivity index (χ1) is 8.99. The number of carbonyl (C=O) groups excluding carboxylic acids is 1. The monoisotopic (exact) mass is 326 g/mol. The van der Waals surface area contributed by atoms with Crippen molar-refractivity contribution >= 4 is 33.5 Å². The van der Waals surface area contributed by atoms with E-state index in [1.807, 2.05) is 6.92 Å². The minimum Gasteiger partial charge on any atom is -0.478 e. The zero-order chi connectivity index (χ0) is 14.0. The number of hydrogen-bond acceptors (Lipinski definition) is 3. The first-order valence-electron chi connectivity index (χ1n) is 6.03. The van der Waals surface area contributed by atoms with Gasteiger partial charge < -0.3 is 15.7 Å². The molecule has 102 valence electrons. The lowest BCUT2D eigenvalue weighted by Crippen LogP contribution is -2.27. The van der Waals surface area contributed by atoms with E-state index in [9.17, 15) is 9.59 Å². The van der Waals surface area contributed by atoms with Crippen molar-refractivity contribution in [3.05, 3.63) is 28.2 Å². The minimum atomic E-state index is -1.03. The quantitative estimate of drug-likeness (QED) is 0.793. The van der Waals surface area contributed by atoms with Gasteiger partial charge in [-0.05, 0) is 46.6 Å². The summed E-state index contributed by atoms with van der Waals surface area (Å²) < 4.78 is 0.494. The summed E-state index contributed by atoms with van der Waals surface area (Å²) in [6.45, 7) is 3.52. The van der Waals surface area contributed by atoms with Crippen LogP contribution in [0.15, 0.2) is 22.7 Å². The van der Waals surface area contributed by atoms with Gasteiger partial charge in [0, 0.05) is 16.7 Å². The van der Waals surface area contributed by atoms with Crippen molar-refractivity contribution in [2.45, 2.75) is 6.92 Å². The summed E-state index contributed by atoms with van der Waals surface area (Å²) in [4.78, 5) is 23.1. The van der Waals surface area contributed by atoms with Gasteiger partial charge in [0.1, 0.15) is 0 Å². The second kappa shape index (κ2) is 5.71. The molecule has 1 aromatic carbocycles. The molecule has 1 heterocycles. The Hall–Kier alpha value is -1.40. The summed E-state index contributed by atoms with van der Waals surface area (Å²) in [5.41, 5.74) is 0.639. The molecule has 0 aromatic heterocycles. The maximum Gasteiger partial charge on any atom is 0.336 e. The molecule has 3 N–H and O–H groups in total. The Labute approximate surface area is 119 Å². The molecule has 1 fully saturated rings. The van der Waals surface area contributed by atoms with Crippen molar-refractivity contribution in [3.63, 3.8) is 0 Å². The molecule has 1 amide bonds. The third kappa shape index (κ3) is 3.13. The molecule has 2 atom stereocenters. The SMILES string of the molecule is CC1CNCC1C(=O)Nc1ccc(Br)c(C(=O)O)c1. The lowest BCUT2D eigenvalue weighted by Gasteiger charge is -2.14. The van der Waals surface area contributed by atoms with E-state index in [1.165, 1.54) is 6.07 Å². The Morgan fingerprint density at radius 3 is 2.74 bits per heavy atom. The van der Waals surface area contributed by atoms with Crippen molar-refractivity contribution in [1.29, 1.82) is 0 Å². The Balaban J connectivity index is 2.13. The lowest BCUT2D eigenvalue weighted by atomic mass is 9.97. The van der Waals surface area contributed by atoms with Gasteiger partial charge in [-0.15, -0.1) is 0 Å². The highest BCUT2D eigenvalue weighted by Crippen LogP contribution is 2.23. The molecule has 0 aliphatic carbocycles. The molecule has 1 saturated heterocycles. The summed E-state index contributed by atoms with van der Waals surface area (Å²) >= 11 is 3.17. The summed E-state index contributed by atoms with van der Waals surface area (Å²) in [6, 6.07) is 4.76. The average molecular weight is 327 g/mol. The number of carbonyl (C=O) groups is 2. The van der Waals surface area contributed by atoms with E-state index in [0.717, 1.165) is 6.54 Å². The highest BCUT2D eigenvalue weighted by Gasteiger charge is 2.29. The number of benzene rings is 1. The summed E-state index contributed by atoms with van der Waals surface area (Å²) in [5.74, 6) is -0.888. The molecule has 1 aliphatic rings. The Bertz CT molecular complexity index is 519. The normalized spacial score (nSPS) is 22.2. The average Bonchev–Trinajstić information content (AvgIpc) is 2.77. The van der Waals surface area contributed by atoms with Crippen molar-refractivity contribution in [3.8, 4) is 0 Å².